The minimum Gasteiger partial charge on any atom is -0.361 e. The summed E-state index contributed by atoms with van der Waals surface area (Å²) in [6.45, 7) is 11.6. The first-order valence-electron chi connectivity index (χ1n) is 10.1. The van der Waals surface area contributed by atoms with Gasteiger partial charge in [-0.05, 0) is 52.0 Å². The van der Waals surface area contributed by atoms with Gasteiger partial charge < -0.3 is 9.42 Å². The number of rotatable bonds is 4. The molecule has 1 aliphatic rings. The molecule has 1 amide bonds. The molecule has 1 saturated heterocycles. The predicted molar refractivity (Wildman–Crippen MR) is 115 cm³/mol. The summed E-state index contributed by atoms with van der Waals surface area (Å²) >= 11 is 6.25. The Morgan fingerprint density at radius 2 is 1.70 bits per heavy atom. The zero-order valence-corrected chi connectivity index (χ0v) is 18.5. The number of nitrogens with zero attached hydrogens (tertiary/aromatic N) is 5. The van der Waals surface area contributed by atoms with Crippen LogP contribution in [-0.4, -0.2) is 56.8 Å². The fourth-order valence-electron chi connectivity index (χ4n) is 3.86. The highest BCUT2D eigenvalue weighted by atomic mass is 35.5. The van der Waals surface area contributed by atoms with Crippen molar-refractivity contribution in [1.29, 1.82) is 0 Å². The second-order valence-corrected chi connectivity index (χ2v) is 8.19. The van der Waals surface area contributed by atoms with Crippen LogP contribution in [0, 0.1) is 27.7 Å². The van der Waals surface area contributed by atoms with Gasteiger partial charge in [-0.15, -0.1) is 0 Å². The van der Waals surface area contributed by atoms with Crippen molar-refractivity contribution in [3.63, 3.8) is 0 Å². The number of carbonyl (C=O) groups is 1. The molecule has 0 atom stereocenters. The number of halogens is 1. The van der Waals surface area contributed by atoms with Gasteiger partial charge in [0.1, 0.15) is 5.76 Å². The summed E-state index contributed by atoms with van der Waals surface area (Å²) in [5.41, 5.74) is 5.35. The van der Waals surface area contributed by atoms with E-state index in [-0.39, 0.29) is 5.91 Å². The molecule has 0 aliphatic carbocycles. The zero-order valence-electron chi connectivity index (χ0n) is 17.8. The average Bonchev–Trinajstić information content (AvgIpc) is 3.21. The minimum atomic E-state index is 0.0601. The van der Waals surface area contributed by atoms with E-state index < -0.39 is 0 Å². The Morgan fingerprint density at radius 1 is 1.03 bits per heavy atom. The maximum atomic E-state index is 12.9. The van der Waals surface area contributed by atoms with E-state index >= 15 is 0 Å². The monoisotopic (exact) mass is 427 g/mol. The van der Waals surface area contributed by atoms with Crippen molar-refractivity contribution in [3.05, 3.63) is 63.3 Å². The summed E-state index contributed by atoms with van der Waals surface area (Å²) in [5.74, 6) is 0.930. The van der Waals surface area contributed by atoms with Gasteiger partial charge in [0.05, 0.1) is 27.8 Å². The van der Waals surface area contributed by atoms with Gasteiger partial charge in [-0.2, -0.15) is 5.10 Å². The Bertz CT molecular complexity index is 1040. The molecule has 30 heavy (non-hydrogen) atoms. The molecule has 0 saturated carbocycles. The number of hydrogen-bond acceptors (Lipinski definition) is 5. The SMILES string of the molecule is Cc1nn(-c2ccc(C(=O)N3CCN(Cc4c(C)noc4C)CC3)cc2)c(C)c1Cl. The first kappa shape index (κ1) is 20.6. The first-order valence-corrected chi connectivity index (χ1v) is 10.5. The van der Waals surface area contributed by atoms with Gasteiger partial charge in [0.25, 0.3) is 5.91 Å². The predicted octanol–water partition coefficient (Wildman–Crippen LogP) is 3.71. The van der Waals surface area contributed by atoms with Crippen molar-refractivity contribution in [2.24, 2.45) is 0 Å². The van der Waals surface area contributed by atoms with Crippen LogP contribution in [0.2, 0.25) is 5.02 Å². The Morgan fingerprint density at radius 3 is 2.23 bits per heavy atom. The van der Waals surface area contributed by atoms with E-state index in [9.17, 15) is 4.79 Å². The summed E-state index contributed by atoms with van der Waals surface area (Å²) in [5, 5.41) is 9.16. The van der Waals surface area contributed by atoms with E-state index in [4.69, 9.17) is 16.1 Å². The van der Waals surface area contributed by atoms with Gasteiger partial charge >= 0.3 is 0 Å². The van der Waals surface area contributed by atoms with Crippen LogP contribution in [0.25, 0.3) is 5.69 Å². The van der Waals surface area contributed by atoms with Crippen LogP contribution < -0.4 is 0 Å². The second-order valence-electron chi connectivity index (χ2n) is 7.81. The van der Waals surface area contributed by atoms with Gasteiger partial charge in [-0.3, -0.25) is 9.69 Å². The summed E-state index contributed by atoms with van der Waals surface area (Å²) < 4.78 is 7.06. The van der Waals surface area contributed by atoms with Crippen LogP contribution in [0.1, 0.15) is 38.8 Å². The number of aromatic nitrogens is 3. The number of piperazine rings is 1. The second kappa shape index (κ2) is 8.24. The Hall–Kier alpha value is -2.64. The molecule has 1 aliphatic heterocycles. The number of hydrogen-bond donors (Lipinski definition) is 0. The quantitative estimate of drug-likeness (QED) is 0.635. The molecule has 0 unspecified atom stereocenters. The molecule has 4 rings (SSSR count). The molecule has 158 valence electrons. The standard InChI is InChI=1S/C22H26ClN5O2/c1-14-20(17(4)30-25-14)13-26-9-11-27(12-10-26)22(29)18-5-7-19(8-6-18)28-16(3)21(23)15(2)24-28/h5-8H,9-13H2,1-4H3. The highest BCUT2D eigenvalue weighted by Crippen LogP contribution is 2.23. The van der Waals surface area contributed by atoms with Gasteiger partial charge in [-0.25, -0.2) is 4.68 Å². The number of aryl methyl sites for hydroxylation is 3. The largest absolute Gasteiger partial charge is 0.361 e. The highest BCUT2D eigenvalue weighted by Gasteiger charge is 2.24. The van der Waals surface area contributed by atoms with E-state index in [0.29, 0.717) is 23.7 Å². The van der Waals surface area contributed by atoms with Gasteiger partial charge in [-0.1, -0.05) is 16.8 Å². The summed E-state index contributed by atoms with van der Waals surface area (Å²) in [7, 11) is 0. The summed E-state index contributed by atoms with van der Waals surface area (Å²) in [6, 6.07) is 7.55. The first-order chi connectivity index (χ1) is 14.3. The topological polar surface area (TPSA) is 67.4 Å². The smallest absolute Gasteiger partial charge is 0.253 e. The van der Waals surface area contributed by atoms with Crippen LogP contribution >= 0.6 is 11.6 Å². The van der Waals surface area contributed by atoms with Crippen LogP contribution in [0.4, 0.5) is 0 Å². The highest BCUT2D eigenvalue weighted by molar-refractivity contribution is 6.31. The third-order valence-corrected chi connectivity index (χ3v) is 6.33. The lowest BCUT2D eigenvalue weighted by atomic mass is 10.1. The fourth-order valence-corrected chi connectivity index (χ4v) is 3.98. The lowest BCUT2D eigenvalue weighted by molar-refractivity contribution is 0.0627. The molecule has 0 radical (unpaired) electrons. The molecule has 0 spiro atoms. The molecule has 3 aromatic rings. The maximum absolute atomic E-state index is 12.9. The van der Waals surface area contributed by atoms with Crippen LogP contribution in [-0.2, 0) is 6.54 Å². The molecular formula is C22H26ClN5O2. The molecule has 8 heteroatoms. The van der Waals surface area contributed by atoms with E-state index in [1.54, 1.807) is 4.68 Å². The molecule has 1 aromatic carbocycles. The average molecular weight is 428 g/mol. The van der Waals surface area contributed by atoms with Crippen LogP contribution in [0.5, 0.6) is 0 Å². The third-order valence-electron chi connectivity index (χ3n) is 5.78. The molecule has 1 fully saturated rings. The molecule has 7 nitrogen and oxygen atoms in total. The Labute approximate surface area is 181 Å². The van der Waals surface area contributed by atoms with E-state index in [0.717, 1.165) is 53.7 Å². The van der Waals surface area contributed by atoms with Crippen molar-refractivity contribution >= 4 is 17.5 Å². The number of benzene rings is 1. The maximum Gasteiger partial charge on any atom is 0.253 e. The van der Waals surface area contributed by atoms with Crippen molar-refractivity contribution in [2.75, 3.05) is 26.2 Å². The lowest BCUT2D eigenvalue weighted by Crippen LogP contribution is -2.48. The normalized spacial score (nSPS) is 15.0. The number of carbonyl (C=O) groups excluding carboxylic acids is 1. The number of amides is 1. The summed E-state index contributed by atoms with van der Waals surface area (Å²) in [4.78, 5) is 17.2. The van der Waals surface area contributed by atoms with Crippen molar-refractivity contribution in [2.45, 2.75) is 34.2 Å². The van der Waals surface area contributed by atoms with E-state index in [2.05, 4.69) is 15.2 Å². The van der Waals surface area contributed by atoms with Gasteiger partial charge in [0.2, 0.25) is 0 Å². The van der Waals surface area contributed by atoms with Crippen LogP contribution in [0.3, 0.4) is 0 Å². The van der Waals surface area contributed by atoms with E-state index in [1.165, 1.54) is 0 Å². The Balaban J connectivity index is 1.39. The molecule has 2 aromatic heterocycles. The molecular weight excluding hydrogens is 402 g/mol. The van der Waals surface area contributed by atoms with Gasteiger partial charge in [0, 0.05) is 43.9 Å². The third kappa shape index (κ3) is 3.87. The Kier molecular flexibility index (Phi) is 5.66. The lowest BCUT2D eigenvalue weighted by Gasteiger charge is -2.34. The fraction of sp³-hybridized carbons (Fsp3) is 0.409. The van der Waals surface area contributed by atoms with Crippen molar-refractivity contribution < 1.29 is 9.32 Å². The van der Waals surface area contributed by atoms with Crippen molar-refractivity contribution in [1.82, 2.24) is 24.7 Å². The van der Waals surface area contributed by atoms with E-state index in [1.807, 2.05) is 56.9 Å². The summed E-state index contributed by atoms with van der Waals surface area (Å²) in [6.07, 6.45) is 0. The van der Waals surface area contributed by atoms with Crippen molar-refractivity contribution in [3.8, 4) is 5.69 Å². The van der Waals surface area contributed by atoms with Crippen LogP contribution in [0.15, 0.2) is 28.8 Å². The molecule has 0 bridgehead atoms. The molecule has 3 heterocycles. The molecule has 0 N–H and O–H groups in total. The zero-order chi connectivity index (χ0) is 21.4. The van der Waals surface area contributed by atoms with Gasteiger partial charge in [0.15, 0.2) is 0 Å². The minimum absolute atomic E-state index is 0.0601.